The van der Waals surface area contributed by atoms with Crippen molar-refractivity contribution < 1.29 is 29.9 Å². The van der Waals surface area contributed by atoms with E-state index in [2.05, 4.69) is 9.94 Å². The Hall–Kier alpha value is -1.48. The molecule has 1 atom stereocenters. The fourth-order valence-corrected chi connectivity index (χ4v) is 1.26. The van der Waals surface area contributed by atoms with Crippen molar-refractivity contribution in [2.75, 3.05) is 13.7 Å². The third kappa shape index (κ3) is 3.49. The highest BCUT2D eigenvalue weighted by molar-refractivity contribution is 5.69. The highest BCUT2D eigenvalue weighted by Gasteiger charge is 2.18. The summed E-state index contributed by atoms with van der Waals surface area (Å²) in [5, 5.41) is 22.0. The van der Waals surface area contributed by atoms with E-state index in [0.29, 0.717) is 5.69 Å². The largest absolute Gasteiger partial charge is 0.465 e. The number of carbonyl (C=O) groups is 1. The lowest BCUT2D eigenvalue weighted by molar-refractivity contribution is -1.19. The van der Waals surface area contributed by atoms with Gasteiger partial charge in [0.15, 0.2) is 0 Å². The Morgan fingerprint density at radius 3 is 2.88 bits per heavy atom. The molecule has 0 aromatic carbocycles. The molecule has 0 aliphatic rings. The van der Waals surface area contributed by atoms with Gasteiger partial charge in [0.05, 0.1) is 25.0 Å². The Labute approximate surface area is 97.9 Å². The van der Waals surface area contributed by atoms with E-state index in [1.54, 1.807) is 6.92 Å². The van der Waals surface area contributed by atoms with E-state index in [0.717, 1.165) is 0 Å². The minimum atomic E-state index is -0.464. The van der Waals surface area contributed by atoms with Crippen LogP contribution in [0.4, 0.5) is 5.82 Å². The van der Waals surface area contributed by atoms with Crippen molar-refractivity contribution in [2.24, 2.45) is 0 Å². The molecule has 3 N–H and O–H groups in total. The number of ether oxygens (including phenoxy) is 1. The molecule has 17 heavy (non-hydrogen) atoms. The standard InChI is InChI=1S/C9H15N3O5/c1-3-17-9(14)5-11-7(6-13)4-8(10-11)12(15)16-2/h4,13,15H,3,5-6H2,1-2H3/p+1. The van der Waals surface area contributed by atoms with Gasteiger partial charge in [0.25, 0.3) is 0 Å². The van der Waals surface area contributed by atoms with E-state index in [9.17, 15) is 10.0 Å². The molecule has 0 fully saturated rings. The van der Waals surface area contributed by atoms with Gasteiger partial charge in [-0.1, -0.05) is 0 Å². The first-order valence-electron chi connectivity index (χ1n) is 5.05. The summed E-state index contributed by atoms with van der Waals surface area (Å²) in [5.74, 6) is -0.311. The molecule has 0 spiro atoms. The third-order valence-electron chi connectivity index (χ3n) is 2.02. The van der Waals surface area contributed by atoms with E-state index in [4.69, 9.17) is 9.84 Å². The first kappa shape index (κ1) is 13.6. The topological polar surface area (TPSA) is 98.3 Å². The van der Waals surface area contributed by atoms with Crippen LogP contribution >= 0.6 is 0 Å². The second-order valence-corrected chi connectivity index (χ2v) is 3.15. The van der Waals surface area contributed by atoms with Crippen LogP contribution in [0.1, 0.15) is 12.6 Å². The van der Waals surface area contributed by atoms with Crippen molar-refractivity contribution in [3.05, 3.63) is 11.8 Å². The molecule has 0 saturated heterocycles. The molecule has 1 heterocycles. The summed E-state index contributed by atoms with van der Waals surface area (Å²) in [5.41, 5.74) is 0.386. The summed E-state index contributed by atoms with van der Waals surface area (Å²) in [6.07, 6.45) is 0. The molecule has 0 bridgehead atoms. The van der Waals surface area contributed by atoms with Gasteiger partial charge in [0, 0.05) is 0 Å². The quantitative estimate of drug-likeness (QED) is 0.413. The number of rotatable bonds is 6. The number of hydrogen-bond donors (Lipinski definition) is 3. The van der Waals surface area contributed by atoms with Crippen LogP contribution in [-0.4, -0.2) is 39.8 Å². The van der Waals surface area contributed by atoms with E-state index < -0.39 is 5.97 Å². The molecular weight excluding hydrogens is 230 g/mol. The zero-order valence-corrected chi connectivity index (χ0v) is 9.71. The van der Waals surface area contributed by atoms with Gasteiger partial charge < -0.3 is 9.84 Å². The molecule has 0 saturated carbocycles. The van der Waals surface area contributed by atoms with Gasteiger partial charge in [0.1, 0.15) is 13.7 Å². The van der Waals surface area contributed by atoms with Crippen LogP contribution in [0.25, 0.3) is 0 Å². The Morgan fingerprint density at radius 2 is 2.35 bits per heavy atom. The number of carbonyl (C=O) groups excluding carboxylic acids is 1. The van der Waals surface area contributed by atoms with Crippen LogP contribution in [0, 0.1) is 0 Å². The monoisotopic (exact) mass is 246 g/mol. The number of nitrogens with zero attached hydrogens (tertiary/aromatic N) is 2. The summed E-state index contributed by atoms with van der Waals surface area (Å²) in [6, 6.07) is 1.43. The maximum Gasteiger partial charge on any atom is 0.327 e. The summed E-state index contributed by atoms with van der Waals surface area (Å²) >= 11 is 0. The number of hydrogen-bond acceptors (Lipinski definition) is 6. The van der Waals surface area contributed by atoms with Crippen LogP contribution in [0.2, 0.25) is 0 Å². The van der Waals surface area contributed by atoms with Crippen LogP contribution in [0.5, 0.6) is 0 Å². The Morgan fingerprint density at radius 1 is 1.65 bits per heavy atom. The van der Waals surface area contributed by atoms with E-state index in [1.807, 2.05) is 0 Å². The van der Waals surface area contributed by atoms with Gasteiger partial charge in [-0.05, 0) is 12.2 Å². The van der Waals surface area contributed by atoms with Crippen molar-refractivity contribution in [3.63, 3.8) is 0 Å². The Kier molecular flexibility index (Phi) is 5.04. The predicted octanol–water partition coefficient (Wildman–Crippen LogP) is -1.59. The lowest BCUT2D eigenvalue weighted by Gasteiger charge is -2.04. The zero-order chi connectivity index (χ0) is 12.8. The fraction of sp³-hybridized carbons (Fsp3) is 0.556. The van der Waals surface area contributed by atoms with Crippen LogP contribution in [0.15, 0.2) is 6.07 Å². The lowest BCUT2D eigenvalue weighted by atomic mass is 10.4. The van der Waals surface area contributed by atoms with Gasteiger partial charge in [0.2, 0.25) is 0 Å². The number of aromatic nitrogens is 2. The van der Waals surface area contributed by atoms with Crippen molar-refractivity contribution in [1.29, 1.82) is 0 Å². The maximum atomic E-state index is 11.3. The molecule has 0 amide bonds. The van der Waals surface area contributed by atoms with Crippen LogP contribution < -0.4 is 5.23 Å². The van der Waals surface area contributed by atoms with Gasteiger partial charge in [-0.3, -0.25) is 9.48 Å². The SMILES string of the molecule is CCOC(=O)Cn1nc([NH+](O)OC)cc1CO. The first-order chi connectivity index (χ1) is 8.12. The number of quaternary nitrogens is 1. The normalized spacial score (nSPS) is 12.5. The fourth-order valence-electron chi connectivity index (χ4n) is 1.26. The Bertz CT molecular complexity index is 379. The maximum absolute atomic E-state index is 11.3. The summed E-state index contributed by atoms with van der Waals surface area (Å²) < 4.78 is 6.01. The molecular formula is C9H16N3O5+. The molecule has 0 radical (unpaired) electrons. The van der Waals surface area contributed by atoms with E-state index in [-0.39, 0.29) is 30.8 Å². The summed E-state index contributed by atoms with van der Waals surface area (Å²) in [4.78, 5) is 15.9. The second kappa shape index (κ2) is 6.30. The number of esters is 1. The molecule has 1 unspecified atom stereocenters. The molecule has 0 aliphatic heterocycles. The van der Waals surface area contributed by atoms with Gasteiger partial charge >= 0.3 is 11.8 Å². The minimum absolute atomic E-state index is 0.124. The summed E-state index contributed by atoms with van der Waals surface area (Å²) in [7, 11) is 1.29. The van der Waals surface area contributed by atoms with Crippen LogP contribution in [0.3, 0.4) is 0 Å². The molecule has 1 aromatic rings. The van der Waals surface area contributed by atoms with E-state index in [1.165, 1.54) is 17.9 Å². The van der Waals surface area contributed by atoms with Crippen molar-refractivity contribution in [3.8, 4) is 0 Å². The van der Waals surface area contributed by atoms with Crippen molar-refractivity contribution in [1.82, 2.24) is 9.78 Å². The molecule has 1 aromatic heterocycles. The molecule has 0 aliphatic carbocycles. The zero-order valence-electron chi connectivity index (χ0n) is 9.71. The highest BCUT2D eigenvalue weighted by atomic mass is 16.9. The average molecular weight is 246 g/mol. The predicted molar refractivity (Wildman–Crippen MR) is 54.2 cm³/mol. The average Bonchev–Trinajstić information content (AvgIpc) is 2.71. The third-order valence-corrected chi connectivity index (χ3v) is 2.02. The van der Waals surface area contributed by atoms with E-state index >= 15 is 0 Å². The second-order valence-electron chi connectivity index (χ2n) is 3.15. The first-order valence-corrected chi connectivity index (χ1v) is 5.05. The van der Waals surface area contributed by atoms with Gasteiger partial charge in [-0.2, -0.15) is 10.0 Å². The Balaban J connectivity index is 2.83. The molecule has 1 rings (SSSR count). The van der Waals surface area contributed by atoms with Crippen molar-refractivity contribution >= 4 is 11.8 Å². The van der Waals surface area contributed by atoms with Crippen molar-refractivity contribution in [2.45, 2.75) is 20.1 Å². The number of aliphatic hydroxyl groups excluding tert-OH is 1. The highest BCUT2D eigenvalue weighted by Crippen LogP contribution is 2.06. The minimum Gasteiger partial charge on any atom is -0.465 e. The molecule has 96 valence electrons. The molecule has 8 heteroatoms. The van der Waals surface area contributed by atoms with Gasteiger partial charge in [-0.15, -0.1) is 5.10 Å². The smallest absolute Gasteiger partial charge is 0.327 e. The molecule has 8 nitrogen and oxygen atoms in total. The number of nitrogens with one attached hydrogen (secondary N) is 1. The summed E-state index contributed by atoms with van der Waals surface area (Å²) in [6.45, 7) is 1.55. The van der Waals surface area contributed by atoms with Gasteiger partial charge in [-0.25, -0.2) is 0 Å². The lowest BCUT2D eigenvalue weighted by Crippen LogP contribution is -3.03. The van der Waals surface area contributed by atoms with Crippen LogP contribution in [-0.2, 0) is 27.5 Å². The number of aliphatic hydroxyl groups is 1.